The SMILES string of the molecule is Cc1ncc(OC(=O)NC(C)(C)C)c(C)n1. The molecule has 0 spiro atoms. The van der Waals surface area contributed by atoms with Crippen molar-refractivity contribution >= 4 is 6.09 Å². The van der Waals surface area contributed by atoms with Gasteiger partial charge >= 0.3 is 6.09 Å². The Bertz CT molecular complexity index is 397. The lowest BCUT2D eigenvalue weighted by molar-refractivity contribution is 0.190. The molecule has 1 rings (SSSR count). The van der Waals surface area contributed by atoms with Gasteiger partial charge in [0.2, 0.25) is 0 Å². The lowest BCUT2D eigenvalue weighted by atomic mass is 10.1. The maximum absolute atomic E-state index is 11.5. The summed E-state index contributed by atoms with van der Waals surface area (Å²) in [6.07, 6.45) is 1.00. The smallest absolute Gasteiger partial charge is 0.407 e. The Kier molecular flexibility index (Phi) is 3.47. The van der Waals surface area contributed by atoms with Gasteiger partial charge < -0.3 is 10.1 Å². The van der Waals surface area contributed by atoms with E-state index in [2.05, 4.69) is 15.3 Å². The van der Waals surface area contributed by atoms with Gasteiger partial charge in [-0.3, -0.25) is 0 Å². The average molecular weight is 223 g/mol. The Balaban J connectivity index is 2.70. The van der Waals surface area contributed by atoms with Crippen LogP contribution in [0.4, 0.5) is 4.79 Å². The number of carbonyl (C=O) groups excluding carboxylic acids is 1. The summed E-state index contributed by atoms with van der Waals surface area (Å²) in [5.74, 6) is 1.04. The minimum atomic E-state index is -0.497. The first-order valence-electron chi connectivity index (χ1n) is 5.08. The summed E-state index contributed by atoms with van der Waals surface area (Å²) in [6, 6.07) is 0. The molecule has 0 aliphatic heterocycles. The number of hydrogen-bond donors (Lipinski definition) is 1. The molecule has 0 atom stereocenters. The third-order valence-corrected chi connectivity index (χ3v) is 1.73. The van der Waals surface area contributed by atoms with Crippen LogP contribution in [0.3, 0.4) is 0 Å². The fraction of sp³-hybridized carbons (Fsp3) is 0.545. The van der Waals surface area contributed by atoms with Crippen molar-refractivity contribution in [1.82, 2.24) is 15.3 Å². The topological polar surface area (TPSA) is 64.1 Å². The summed E-state index contributed by atoms with van der Waals surface area (Å²) in [5.41, 5.74) is 0.327. The van der Waals surface area contributed by atoms with Gasteiger partial charge in [0.1, 0.15) is 5.82 Å². The minimum absolute atomic E-state index is 0.323. The molecule has 1 aromatic rings. The van der Waals surface area contributed by atoms with Crippen molar-refractivity contribution in [1.29, 1.82) is 0 Å². The van der Waals surface area contributed by atoms with E-state index in [1.165, 1.54) is 6.20 Å². The first-order chi connectivity index (χ1) is 7.28. The van der Waals surface area contributed by atoms with Gasteiger partial charge in [-0.25, -0.2) is 14.8 Å². The second-order valence-corrected chi connectivity index (χ2v) is 4.63. The Hall–Kier alpha value is -1.65. The maximum Gasteiger partial charge on any atom is 0.413 e. The molecule has 0 aliphatic rings. The predicted molar refractivity (Wildman–Crippen MR) is 60.4 cm³/mol. The van der Waals surface area contributed by atoms with E-state index in [9.17, 15) is 4.79 Å². The van der Waals surface area contributed by atoms with Crippen molar-refractivity contribution in [3.05, 3.63) is 17.7 Å². The lowest BCUT2D eigenvalue weighted by Gasteiger charge is -2.19. The number of aromatic nitrogens is 2. The maximum atomic E-state index is 11.5. The van der Waals surface area contributed by atoms with Gasteiger partial charge in [-0.2, -0.15) is 0 Å². The molecule has 0 saturated heterocycles. The molecular weight excluding hydrogens is 206 g/mol. The highest BCUT2D eigenvalue weighted by atomic mass is 16.6. The molecule has 16 heavy (non-hydrogen) atoms. The van der Waals surface area contributed by atoms with Crippen molar-refractivity contribution in [2.75, 3.05) is 0 Å². The van der Waals surface area contributed by atoms with Crippen molar-refractivity contribution in [2.24, 2.45) is 0 Å². The summed E-state index contributed by atoms with van der Waals surface area (Å²) in [5, 5.41) is 2.69. The van der Waals surface area contributed by atoms with Crippen LogP contribution < -0.4 is 10.1 Å². The van der Waals surface area contributed by atoms with Gasteiger partial charge in [0, 0.05) is 5.54 Å². The Morgan fingerprint density at radius 3 is 2.50 bits per heavy atom. The largest absolute Gasteiger partial charge is 0.413 e. The molecule has 1 amide bonds. The molecule has 1 heterocycles. The fourth-order valence-corrected chi connectivity index (χ4v) is 1.10. The number of nitrogens with zero attached hydrogens (tertiary/aromatic N) is 2. The standard InChI is InChI=1S/C11H17N3O2/c1-7-9(6-12-8(2)13-7)16-10(15)14-11(3,4)5/h6H,1-5H3,(H,14,15). The van der Waals surface area contributed by atoms with Gasteiger partial charge in [0.05, 0.1) is 11.9 Å². The molecule has 0 fully saturated rings. The Morgan fingerprint density at radius 1 is 1.38 bits per heavy atom. The third-order valence-electron chi connectivity index (χ3n) is 1.73. The van der Waals surface area contributed by atoms with E-state index >= 15 is 0 Å². The molecule has 0 unspecified atom stereocenters. The van der Waals surface area contributed by atoms with Gasteiger partial charge in [0.25, 0.3) is 0 Å². The minimum Gasteiger partial charge on any atom is -0.407 e. The van der Waals surface area contributed by atoms with Gasteiger partial charge in [-0.05, 0) is 34.6 Å². The van der Waals surface area contributed by atoms with Crippen LogP contribution in [0.15, 0.2) is 6.20 Å². The number of amides is 1. The van der Waals surface area contributed by atoms with Crippen LogP contribution in [0.1, 0.15) is 32.3 Å². The van der Waals surface area contributed by atoms with Gasteiger partial charge in [-0.1, -0.05) is 0 Å². The van der Waals surface area contributed by atoms with E-state index in [1.54, 1.807) is 13.8 Å². The highest BCUT2D eigenvalue weighted by Crippen LogP contribution is 2.14. The molecular formula is C11H17N3O2. The second-order valence-electron chi connectivity index (χ2n) is 4.63. The Labute approximate surface area is 95.3 Å². The number of ether oxygens (including phenoxy) is 1. The average Bonchev–Trinajstić information content (AvgIpc) is 2.06. The summed E-state index contributed by atoms with van der Waals surface area (Å²) >= 11 is 0. The molecule has 1 aromatic heterocycles. The van der Waals surface area contributed by atoms with Gasteiger partial charge in [0.15, 0.2) is 5.75 Å². The highest BCUT2D eigenvalue weighted by molar-refractivity contribution is 5.71. The Morgan fingerprint density at radius 2 is 2.00 bits per heavy atom. The number of nitrogens with one attached hydrogen (secondary N) is 1. The van der Waals surface area contributed by atoms with E-state index in [0.717, 1.165) is 0 Å². The monoisotopic (exact) mass is 223 g/mol. The molecule has 0 aliphatic carbocycles. The van der Waals surface area contributed by atoms with E-state index in [4.69, 9.17) is 4.74 Å². The summed E-state index contributed by atoms with van der Waals surface area (Å²) in [7, 11) is 0. The van der Waals surface area contributed by atoms with Crippen LogP contribution in [-0.4, -0.2) is 21.6 Å². The zero-order valence-corrected chi connectivity index (χ0v) is 10.3. The van der Waals surface area contributed by atoms with E-state index in [-0.39, 0.29) is 5.54 Å². The predicted octanol–water partition coefficient (Wildman–Crippen LogP) is 1.98. The molecule has 0 bridgehead atoms. The number of hydrogen-bond acceptors (Lipinski definition) is 4. The number of carbonyl (C=O) groups is 1. The van der Waals surface area contributed by atoms with Crippen molar-refractivity contribution in [2.45, 2.75) is 40.2 Å². The van der Waals surface area contributed by atoms with Crippen LogP contribution >= 0.6 is 0 Å². The second kappa shape index (κ2) is 4.47. The summed E-state index contributed by atoms with van der Waals surface area (Å²) < 4.78 is 5.10. The lowest BCUT2D eigenvalue weighted by Crippen LogP contribution is -2.42. The quantitative estimate of drug-likeness (QED) is 0.790. The highest BCUT2D eigenvalue weighted by Gasteiger charge is 2.16. The van der Waals surface area contributed by atoms with E-state index in [0.29, 0.717) is 17.3 Å². The molecule has 88 valence electrons. The first kappa shape index (κ1) is 12.4. The van der Waals surface area contributed by atoms with Crippen LogP contribution in [0.25, 0.3) is 0 Å². The molecule has 5 heteroatoms. The normalized spacial score (nSPS) is 11.1. The molecule has 0 aromatic carbocycles. The van der Waals surface area contributed by atoms with Crippen molar-refractivity contribution in [3.63, 3.8) is 0 Å². The molecule has 0 radical (unpaired) electrons. The van der Waals surface area contributed by atoms with E-state index < -0.39 is 6.09 Å². The van der Waals surface area contributed by atoms with Crippen LogP contribution in [0.2, 0.25) is 0 Å². The molecule has 1 N–H and O–H groups in total. The number of rotatable bonds is 1. The summed E-state index contributed by atoms with van der Waals surface area (Å²) in [4.78, 5) is 19.6. The fourth-order valence-electron chi connectivity index (χ4n) is 1.10. The van der Waals surface area contributed by atoms with Crippen LogP contribution in [-0.2, 0) is 0 Å². The van der Waals surface area contributed by atoms with Crippen LogP contribution in [0.5, 0.6) is 5.75 Å². The number of aryl methyl sites for hydroxylation is 2. The molecule has 5 nitrogen and oxygen atoms in total. The van der Waals surface area contributed by atoms with Crippen molar-refractivity contribution in [3.8, 4) is 5.75 Å². The zero-order valence-electron chi connectivity index (χ0n) is 10.3. The van der Waals surface area contributed by atoms with Crippen molar-refractivity contribution < 1.29 is 9.53 Å². The first-order valence-corrected chi connectivity index (χ1v) is 5.08. The summed E-state index contributed by atoms with van der Waals surface area (Å²) in [6.45, 7) is 9.20. The van der Waals surface area contributed by atoms with E-state index in [1.807, 2.05) is 20.8 Å². The zero-order chi connectivity index (χ0) is 12.3. The van der Waals surface area contributed by atoms with Gasteiger partial charge in [-0.15, -0.1) is 0 Å². The van der Waals surface area contributed by atoms with Crippen LogP contribution in [0, 0.1) is 13.8 Å². The third kappa shape index (κ3) is 3.84. The molecule has 0 saturated carbocycles.